The summed E-state index contributed by atoms with van der Waals surface area (Å²) in [5.41, 5.74) is 2.43. The van der Waals surface area contributed by atoms with Crippen LogP contribution in [0.1, 0.15) is 0 Å². The van der Waals surface area contributed by atoms with Gasteiger partial charge in [-0.1, -0.05) is 15.9 Å². The van der Waals surface area contributed by atoms with Crippen LogP contribution >= 0.6 is 31.9 Å². The van der Waals surface area contributed by atoms with Crippen LogP contribution in [-0.2, 0) is 13.1 Å². The molecule has 0 bridgehead atoms. The van der Waals surface area contributed by atoms with Gasteiger partial charge in [0.1, 0.15) is 0 Å². The van der Waals surface area contributed by atoms with E-state index in [0.29, 0.717) is 44.7 Å². The van der Waals surface area contributed by atoms with E-state index >= 15 is 4.39 Å². The molecule has 0 fully saturated rings. The number of benzene rings is 2. The molecule has 9 heteroatoms. The van der Waals surface area contributed by atoms with Gasteiger partial charge in [0.2, 0.25) is 0 Å². The Morgan fingerprint density at radius 1 is 1.00 bits per heavy atom. The second-order valence-electron chi connectivity index (χ2n) is 6.98. The van der Waals surface area contributed by atoms with Crippen molar-refractivity contribution in [1.29, 1.82) is 0 Å². The molecule has 2 aromatic carbocycles. The molecule has 0 saturated heterocycles. The molecule has 6 nitrogen and oxygen atoms in total. The van der Waals surface area contributed by atoms with Gasteiger partial charge in [0, 0.05) is 40.1 Å². The Morgan fingerprint density at radius 2 is 1.74 bits per heavy atom. The average molecular weight is 556 g/mol. The fourth-order valence-corrected chi connectivity index (χ4v) is 5.23. The smallest absolute Gasteiger partial charge is 0.177 e. The van der Waals surface area contributed by atoms with Gasteiger partial charge in [-0.2, -0.15) is 0 Å². The molecule has 164 valence electrons. The molecule has 2 N–H and O–H groups in total. The Balaban J connectivity index is 2.14. The molecular formula is C22H21Br2FN2O4. The van der Waals surface area contributed by atoms with Crippen LogP contribution in [0.2, 0.25) is 0 Å². The SMILES string of the molecule is COc1cc2c(-c3c(F)c4cc(Br)ccc4n3CCO)cn(CCO)c2c(Br)c1OC. The molecule has 0 spiro atoms. The lowest BCUT2D eigenvalue weighted by atomic mass is 10.1. The largest absolute Gasteiger partial charge is 0.493 e. The fraction of sp³-hybridized carbons (Fsp3) is 0.273. The minimum absolute atomic E-state index is 0.0843. The maximum atomic E-state index is 15.8. The van der Waals surface area contributed by atoms with Crippen molar-refractivity contribution in [2.75, 3.05) is 27.4 Å². The summed E-state index contributed by atoms with van der Waals surface area (Å²) in [6, 6.07) is 7.21. The van der Waals surface area contributed by atoms with Gasteiger partial charge in [0.15, 0.2) is 17.3 Å². The van der Waals surface area contributed by atoms with Crippen molar-refractivity contribution < 1.29 is 24.1 Å². The molecule has 4 rings (SSSR count). The summed E-state index contributed by atoms with van der Waals surface area (Å²) >= 11 is 7.01. The van der Waals surface area contributed by atoms with E-state index in [-0.39, 0.29) is 25.6 Å². The van der Waals surface area contributed by atoms with Crippen LogP contribution < -0.4 is 9.47 Å². The van der Waals surface area contributed by atoms with Crippen molar-refractivity contribution in [1.82, 2.24) is 9.13 Å². The molecule has 0 amide bonds. The van der Waals surface area contributed by atoms with Crippen molar-refractivity contribution in [2.24, 2.45) is 0 Å². The van der Waals surface area contributed by atoms with Crippen molar-refractivity contribution >= 4 is 53.7 Å². The van der Waals surface area contributed by atoms with E-state index in [1.807, 2.05) is 22.9 Å². The summed E-state index contributed by atoms with van der Waals surface area (Å²) < 4.78 is 31.8. The molecule has 2 aromatic heterocycles. The van der Waals surface area contributed by atoms with Gasteiger partial charge in [0.25, 0.3) is 0 Å². The summed E-state index contributed by atoms with van der Waals surface area (Å²) in [6.45, 7) is 0.331. The summed E-state index contributed by atoms with van der Waals surface area (Å²) in [5, 5.41) is 20.5. The minimum Gasteiger partial charge on any atom is -0.493 e. The number of rotatable bonds is 7. The molecule has 2 heterocycles. The zero-order valence-corrected chi connectivity index (χ0v) is 20.1. The summed E-state index contributed by atoms with van der Waals surface area (Å²) in [5.74, 6) is 0.635. The Morgan fingerprint density at radius 3 is 2.39 bits per heavy atom. The highest BCUT2D eigenvalue weighted by atomic mass is 79.9. The number of aromatic nitrogens is 2. The molecule has 0 unspecified atom stereocenters. The molecule has 0 aliphatic carbocycles. The van der Waals surface area contributed by atoms with Crippen molar-refractivity contribution in [3.05, 3.63) is 45.2 Å². The molecular weight excluding hydrogens is 535 g/mol. The van der Waals surface area contributed by atoms with E-state index in [4.69, 9.17) is 9.47 Å². The molecule has 0 aliphatic heterocycles. The van der Waals surface area contributed by atoms with Crippen molar-refractivity contribution in [3.8, 4) is 22.8 Å². The maximum Gasteiger partial charge on any atom is 0.177 e. The van der Waals surface area contributed by atoms with Gasteiger partial charge in [-0.3, -0.25) is 0 Å². The van der Waals surface area contributed by atoms with Crippen LogP contribution in [0.5, 0.6) is 11.5 Å². The monoisotopic (exact) mass is 554 g/mol. The Hall–Kier alpha value is -2.07. The van der Waals surface area contributed by atoms with Crippen molar-refractivity contribution in [3.63, 3.8) is 0 Å². The quantitative estimate of drug-likeness (QED) is 0.339. The van der Waals surface area contributed by atoms with Gasteiger partial charge < -0.3 is 28.8 Å². The number of aliphatic hydroxyl groups is 2. The minimum atomic E-state index is -0.376. The van der Waals surface area contributed by atoms with Crippen LogP contribution in [0.25, 0.3) is 33.1 Å². The van der Waals surface area contributed by atoms with E-state index in [9.17, 15) is 10.2 Å². The Kier molecular flexibility index (Phi) is 6.30. The van der Waals surface area contributed by atoms with Crippen LogP contribution in [0.15, 0.2) is 39.4 Å². The van der Waals surface area contributed by atoms with Gasteiger partial charge >= 0.3 is 0 Å². The highest BCUT2D eigenvalue weighted by Crippen LogP contribution is 2.46. The van der Waals surface area contributed by atoms with E-state index in [1.165, 1.54) is 0 Å². The van der Waals surface area contributed by atoms with Gasteiger partial charge in [-0.25, -0.2) is 4.39 Å². The van der Waals surface area contributed by atoms with Crippen LogP contribution in [0.3, 0.4) is 0 Å². The lowest BCUT2D eigenvalue weighted by Gasteiger charge is -2.13. The van der Waals surface area contributed by atoms with E-state index in [0.717, 1.165) is 15.4 Å². The summed E-state index contributed by atoms with van der Waals surface area (Å²) in [6.07, 6.45) is 1.81. The normalized spacial score (nSPS) is 11.6. The number of methoxy groups -OCH3 is 2. The van der Waals surface area contributed by atoms with Gasteiger partial charge in [-0.05, 0) is 40.2 Å². The van der Waals surface area contributed by atoms with E-state index in [2.05, 4.69) is 31.9 Å². The maximum absolute atomic E-state index is 15.8. The lowest BCUT2D eigenvalue weighted by Crippen LogP contribution is -2.04. The van der Waals surface area contributed by atoms with Crippen LogP contribution in [-0.4, -0.2) is 46.8 Å². The van der Waals surface area contributed by atoms with E-state index < -0.39 is 0 Å². The zero-order chi connectivity index (χ0) is 22.3. The molecule has 4 aromatic rings. The first-order valence-electron chi connectivity index (χ1n) is 9.59. The number of halogens is 3. The molecule has 0 atom stereocenters. The Labute approximate surface area is 195 Å². The number of hydrogen-bond acceptors (Lipinski definition) is 4. The predicted octanol–water partition coefficient (Wildman–Crippen LogP) is 4.93. The number of nitrogens with zero attached hydrogens (tertiary/aromatic N) is 2. The highest BCUT2D eigenvalue weighted by Gasteiger charge is 2.25. The van der Waals surface area contributed by atoms with Crippen molar-refractivity contribution in [2.45, 2.75) is 13.1 Å². The first-order valence-corrected chi connectivity index (χ1v) is 11.2. The van der Waals surface area contributed by atoms with Crippen LogP contribution in [0, 0.1) is 5.82 Å². The number of aliphatic hydroxyl groups excluding tert-OH is 2. The second kappa shape index (κ2) is 8.82. The third-order valence-electron chi connectivity index (χ3n) is 5.33. The number of hydrogen-bond donors (Lipinski definition) is 2. The topological polar surface area (TPSA) is 68.8 Å². The predicted molar refractivity (Wildman–Crippen MR) is 126 cm³/mol. The first kappa shape index (κ1) is 22.1. The second-order valence-corrected chi connectivity index (χ2v) is 8.69. The number of fused-ring (bicyclic) bond motifs is 2. The average Bonchev–Trinajstić information content (AvgIpc) is 3.23. The zero-order valence-electron chi connectivity index (χ0n) is 17.0. The molecule has 0 aliphatic rings. The lowest BCUT2D eigenvalue weighted by molar-refractivity contribution is 0.278. The van der Waals surface area contributed by atoms with Gasteiger partial charge in [-0.15, -0.1) is 0 Å². The summed E-state index contributed by atoms with van der Waals surface area (Å²) in [4.78, 5) is 0. The first-order chi connectivity index (χ1) is 15.0. The molecule has 31 heavy (non-hydrogen) atoms. The van der Waals surface area contributed by atoms with Gasteiger partial charge in [0.05, 0.1) is 48.6 Å². The number of ether oxygens (including phenoxy) is 2. The highest BCUT2D eigenvalue weighted by molar-refractivity contribution is 9.11. The summed E-state index contributed by atoms with van der Waals surface area (Å²) in [7, 11) is 3.09. The standard InChI is InChI=1S/C22H21Br2FN2O4/c1-30-17-10-13-15(11-26(5-7-28)20(13)18(24)22(17)31-2)21-19(25)14-9-12(23)3-4-16(14)27(21)6-8-29/h3-4,9-11,28-29H,5-8H2,1-2H3. The fourth-order valence-electron chi connectivity index (χ4n) is 4.07. The van der Waals surface area contributed by atoms with Crippen LogP contribution in [0.4, 0.5) is 4.39 Å². The molecule has 0 saturated carbocycles. The third kappa shape index (κ3) is 3.53. The molecule has 0 radical (unpaired) electrons. The Bertz CT molecular complexity index is 1280. The third-order valence-corrected chi connectivity index (χ3v) is 6.56. The van der Waals surface area contributed by atoms with E-state index in [1.54, 1.807) is 30.9 Å².